The van der Waals surface area contributed by atoms with Gasteiger partial charge in [0.05, 0.1) is 19.0 Å². The van der Waals surface area contributed by atoms with Crippen LogP contribution in [0.25, 0.3) is 0 Å². The van der Waals surface area contributed by atoms with Crippen LogP contribution in [0.3, 0.4) is 0 Å². The van der Waals surface area contributed by atoms with Gasteiger partial charge in [0, 0.05) is 6.42 Å². The van der Waals surface area contributed by atoms with Crippen LogP contribution < -0.4 is 54.0 Å². The van der Waals surface area contributed by atoms with E-state index in [2.05, 4.69) is 37.2 Å². The molecule has 0 aromatic rings. The molecule has 0 radical (unpaired) electrons. The fraction of sp³-hybridized carbons (Fsp3) is 0.725. The number of carbonyl (C=O) groups is 11. The summed E-state index contributed by atoms with van der Waals surface area (Å²) in [4.78, 5) is 139. The van der Waals surface area contributed by atoms with Crippen molar-refractivity contribution in [3.8, 4) is 0 Å². The van der Waals surface area contributed by atoms with Crippen molar-refractivity contribution >= 4 is 65.2 Å². The zero-order valence-corrected chi connectivity index (χ0v) is 37.7. The van der Waals surface area contributed by atoms with Crippen LogP contribution in [0.15, 0.2) is 0 Å². The van der Waals surface area contributed by atoms with E-state index in [9.17, 15) is 57.8 Å². The van der Waals surface area contributed by atoms with Crippen LogP contribution >= 0.6 is 0 Å². The third-order valence-electron chi connectivity index (χ3n) is 9.72. The third kappa shape index (κ3) is 24.1. The van der Waals surface area contributed by atoms with Crippen LogP contribution in [0.4, 0.5) is 0 Å². The number of carboxylic acids is 3. The van der Waals surface area contributed by atoms with E-state index in [1.165, 1.54) is 6.92 Å². The Labute approximate surface area is 372 Å². The number of rotatable bonds is 32. The zero-order valence-electron chi connectivity index (χ0n) is 37.7. The van der Waals surface area contributed by atoms with Gasteiger partial charge in [0.15, 0.2) is 0 Å². The Hall–Kier alpha value is -5.91. The molecule has 0 aliphatic heterocycles. The van der Waals surface area contributed by atoms with Gasteiger partial charge in [-0.2, -0.15) is 0 Å². The predicted octanol–water partition coefficient (Wildman–Crippen LogP) is -2.83. The zero-order chi connectivity index (χ0) is 49.3. The van der Waals surface area contributed by atoms with E-state index in [4.69, 9.17) is 21.7 Å². The Balaban J connectivity index is 6.03. The molecular formula is C40H70N10O14. The molecule has 0 aromatic carbocycles. The van der Waals surface area contributed by atoms with E-state index < -0.39 is 133 Å². The fourth-order valence-electron chi connectivity index (χ4n) is 5.91. The van der Waals surface area contributed by atoms with Crippen molar-refractivity contribution in [3.63, 3.8) is 0 Å². The van der Waals surface area contributed by atoms with Gasteiger partial charge in [-0.25, -0.2) is 0 Å². The number of carbonyl (C=O) groups excluding carboxylic acids is 8. The van der Waals surface area contributed by atoms with Crippen LogP contribution in [0, 0.1) is 17.8 Å². The van der Waals surface area contributed by atoms with Crippen molar-refractivity contribution in [1.82, 2.24) is 42.5 Å². The molecule has 0 aromatic heterocycles. The lowest BCUT2D eigenvalue weighted by Crippen LogP contribution is -2.59. The van der Waals surface area contributed by atoms with Crippen LogP contribution in [-0.4, -0.2) is 142 Å². The van der Waals surface area contributed by atoms with Crippen molar-refractivity contribution in [2.24, 2.45) is 29.2 Å². The Bertz CT molecular complexity index is 1630. The first kappa shape index (κ1) is 58.1. The smallest absolute Gasteiger partial charge is 0.322 e. The van der Waals surface area contributed by atoms with Crippen molar-refractivity contribution in [2.75, 3.05) is 19.6 Å². The quantitative estimate of drug-likeness (QED) is 0.0303. The van der Waals surface area contributed by atoms with Crippen LogP contribution in [-0.2, 0) is 52.7 Å². The lowest BCUT2D eigenvalue weighted by Gasteiger charge is -2.27. The number of aliphatic carboxylic acids is 3. The van der Waals surface area contributed by atoms with Crippen LogP contribution in [0.2, 0.25) is 0 Å². The highest BCUT2D eigenvalue weighted by Gasteiger charge is 2.34. The molecule has 8 atom stereocenters. The topological polar surface area (TPSA) is 397 Å². The summed E-state index contributed by atoms with van der Waals surface area (Å²) in [5.74, 6) is -11.6. The van der Waals surface area contributed by atoms with Gasteiger partial charge < -0.3 is 69.3 Å². The maximum Gasteiger partial charge on any atom is 0.322 e. The summed E-state index contributed by atoms with van der Waals surface area (Å²) < 4.78 is 0. The minimum absolute atomic E-state index is 0.0462. The number of hydrogen-bond acceptors (Lipinski definition) is 13. The van der Waals surface area contributed by atoms with Gasteiger partial charge >= 0.3 is 17.9 Å². The third-order valence-corrected chi connectivity index (χ3v) is 9.72. The molecule has 64 heavy (non-hydrogen) atoms. The highest BCUT2D eigenvalue weighted by molar-refractivity contribution is 5.98. The maximum atomic E-state index is 13.7. The van der Waals surface area contributed by atoms with Crippen molar-refractivity contribution < 1.29 is 68.1 Å². The van der Waals surface area contributed by atoms with E-state index in [0.717, 1.165) is 0 Å². The normalized spacial score (nSPS) is 14.8. The predicted molar refractivity (Wildman–Crippen MR) is 229 cm³/mol. The molecule has 8 amide bonds. The van der Waals surface area contributed by atoms with E-state index in [-0.39, 0.29) is 50.0 Å². The van der Waals surface area contributed by atoms with Gasteiger partial charge in [0.1, 0.15) is 42.8 Å². The standard InChI is InChI=1S/C40H70N10O14/c1-8-22(6)33(42)40(64)50-28(17-31(54)55)39(63)49-27(16-21(4)5)38(62)45-23(7)34(58)47-24(11-9-10-14-41)37(61)48-26(15-20(2)3)36(60)43-18-29(51)46-25(12-13-30(52)53)35(59)44-19-32(56)57/h20-28,33H,8-19,41-42H2,1-7H3,(H,43,60)(H,44,59)(H,45,62)(H,46,51)(H,47,58)(H,48,61)(H,49,63)(H,50,64)(H,52,53)(H,54,55)(H,56,57)/t22-,23-,24-,25-,26-,27-,28-,33-/m0/s1. The molecule has 15 N–H and O–H groups in total. The Morgan fingerprint density at radius 1 is 0.500 bits per heavy atom. The molecule has 0 bridgehead atoms. The molecule has 0 rings (SSSR count). The molecule has 0 unspecified atom stereocenters. The summed E-state index contributed by atoms with van der Waals surface area (Å²) in [7, 11) is 0. The second-order valence-electron chi connectivity index (χ2n) is 16.4. The van der Waals surface area contributed by atoms with Gasteiger partial charge in [-0.05, 0) is 69.7 Å². The molecule has 24 nitrogen and oxygen atoms in total. The van der Waals surface area contributed by atoms with Crippen LogP contribution in [0.1, 0.15) is 106 Å². The first-order chi connectivity index (χ1) is 29.8. The lowest BCUT2D eigenvalue weighted by molar-refractivity contribution is -0.141. The molecular weight excluding hydrogens is 844 g/mol. The van der Waals surface area contributed by atoms with E-state index in [1.54, 1.807) is 41.5 Å². The van der Waals surface area contributed by atoms with E-state index in [0.29, 0.717) is 19.3 Å². The molecule has 0 aliphatic rings. The van der Waals surface area contributed by atoms with Gasteiger partial charge in [-0.3, -0.25) is 52.7 Å². The summed E-state index contributed by atoms with van der Waals surface area (Å²) in [5.41, 5.74) is 11.6. The minimum Gasteiger partial charge on any atom is -0.481 e. The van der Waals surface area contributed by atoms with Crippen molar-refractivity contribution in [1.29, 1.82) is 0 Å². The summed E-state index contributed by atoms with van der Waals surface area (Å²) in [6.45, 7) is 10.6. The van der Waals surface area contributed by atoms with E-state index >= 15 is 0 Å². The molecule has 24 heteroatoms. The molecule has 0 aliphatic carbocycles. The van der Waals surface area contributed by atoms with Gasteiger partial charge in [-0.15, -0.1) is 0 Å². The highest BCUT2D eigenvalue weighted by atomic mass is 16.4. The Morgan fingerprint density at radius 3 is 1.47 bits per heavy atom. The maximum absolute atomic E-state index is 13.7. The molecule has 364 valence electrons. The largest absolute Gasteiger partial charge is 0.481 e. The second kappa shape index (κ2) is 30.2. The van der Waals surface area contributed by atoms with Crippen LogP contribution in [0.5, 0.6) is 0 Å². The second-order valence-corrected chi connectivity index (χ2v) is 16.4. The average molecular weight is 915 g/mol. The average Bonchev–Trinajstić information content (AvgIpc) is 3.20. The highest BCUT2D eigenvalue weighted by Crippen LogP contribution is 2.11. The first-order valence-corrected chi connectivity index (χ1v) is 21.3. The molecule has 0 saturated heterocycles. The minimum atomic E-state index is -1.58. The number of nitrogens with one attached hydrogen (secondary N) is 8. The lowest BCUT2D eigenvalue weighted by atomic mass is 9.98. The summed E-state index contributed by atoms with van der Waals surface area (Å²) >= 11 is 0. The molecule has 0 saturated carbocycles. The van der Waals surface area contributed by atoms with Gasteiger partial charge in [0.25, 0.3) is 0 Å². The van der Waals surface area contributed by atoms with Crippen molar-refractivity contribution in [2.45, 2.75) is 149 Å². The molecule has 0 spiro atoms. The van der Waals surface area contributed by atoms with Crippen molar-refractivity contribution in [3.05, 3.63) is 0 Å². The molecule has 0 heterocycles. The fourth-order valence-corrected chi connectivity index (χ4v) is 5.91. The summed E-state index contributed by atoms with van der Waals surface area (Å²) in [6, 6.07) is -9.13. The Kier molecular flexibility index (Phi) is 27.4. The summed E-state index contributed by atoms with van der Waals surface area (Å²) in [6.07, 6.45) is -0.208. The number of nitrogens with two attached hydrogens (primary N) is 2. The number of carboxylic acid groups (broad SMARTS) is 3. The molecule has 0 fully saturated rings. The number of amides is 8. The first-order valence-electron chi connectivity index (χ1n) is 21.3. The summed E-state index contributed by atoms with van der Waals surface area (Å²) in [5, 5.41) is 46.5. The van der Waals surface area contributed by atoms with E-state index in [1.807, 2.05) is 5.32 Å². The number of unbranched alkanes of at least 4 members (excludes halogenated alkanes) is 1. The van der Waals surface area contributed by atoms with Gasteiger partial charge in [0.2, 0.25) is 47.3 Å². The Morgan fingerprint density at radius 2 is 0.969 bits per heavy atom. The monoisotopic (exact) mass is 915 g/mol. The van der Waals surface area contributed by atoms with Gasteiger partial charge in [-0.1, -0.05) is 48.0 Å². The number of hydrogen-bond donors (Lipinski definition) is 13. The SMILES string of the molecule is CC[C@H](C)[C@H](N)C(=O)N[C@@H](CC(=O)O)C(=O)N[C@@H](CC(C)C)C(=O)N[C@@H](C)C(=O)N[C@@H](CCCCN)C(=O)N[C@@H](CC(C)C)C(=O)NCC(=O)N[C@@H](CCC(=O)O)C(=O)NCC(=O)O.